The summed E-state index contributed by atoms with van der Waals surface area (Å²) in [4.78, 5) is 25.0. The fourth-order valence-electron chi connectivity index (χ4n) is 4.72. The number of H-pyrrole nitrogens is 1. The summed E-state index contributed by atoms with van der Waals surface area (Å²) in [5.41, 5.74) is 13.5. The van der Waals surface area contributed by atoms with E-state index in [4.69, 9.17) is 11.1 Å². The maximum atomic E-state index is 12.8. The van der Waals surface area contributed by atoms with Gasteiger partial charge in [0.15, 0.2) is 0 Å². The zero-order valence-electron chi connectivity index (χ0n) is 21.7. The Balaban J connectivity index is 1.33. The lowest BCUT2D eigenvalue weighted by Gasteiger charge is -2.11. The van der Waals surface area contributed by atoms with E-state index in [0.29, 0.717) is 22.5 Å². The molecule has 5 aromatic rings. The SMILES string of the molecule is C[C@H]1C=CC(NC(=O)c2ccccc2)=CC(c2cnc(N)c(C(=N)c3cc4c(-c5ccsc5)cncc4[nH]3)c2)=C1. The number of anilines is 1. The summed E-state index contributed by atoms with van der Waals surface area (Å²) in [5.74, 6) is 0.207. The molecule has 0 bridgehead atoms. The molecule has 1 aromatic carbocycles. The maximum absolute atomic E-state index is 12.8. The van der Waals surface area contributed by atoms with E-state index in [9.17, 15) is 4.79 Å². The number of nitrogen functional groups attached to an aromatic ring is 1. The van der Waals surface area contributed by atoms with Crippen LogP contribution in [-0.4, -0.2) is 26.6 Å². The third-order valence-electron chi connectivity index (χ3n) is 6.79. The number of benzene rings is 1. The van der Waals surface area contributed by atoms with Crippen LogP contribution in [0.4, 0.5) is 5.82 Å². The van der Waals surface area contributed by atoms with Gasteiger partial charge < -0.3 is 16.0 Å². The molecule has 1 aliphatic rings. The number of nitrogens with zero attached hydrogens (tertiary/aromatic N) is 2. The highest BCUT2D eigenvalue weighted by molar-refractivity contribution is 7.08. The fourth-order valence-corrected chi connectivity index (χ4v) is 5.38. The lowest BCUT2D eigenvalue weighted by molar-refractivity contribution is 0.0967. The van der Waals surface area contributed by atoms with Crippen molar-refractivity contribution in [3.63, 3.8) is 0 Å². The molecule has 8 heteroatoms. The second kappa shape index (κ2) is 10.6. The Labute approximate surface area is 235 Å². The first-order chi connectivity index (χ1) is 19.5. The van der Waals surface area contributed by atoms with E-state index in [1.165, 1.54) is 0 Å². The first-order valence-electron chi connectivity index (χ1n) is 12.8. The standard InChI is InChI=1S/C32H26N6OS/c1-19-7-8-24(37-32(39)20-5-3-2-4-6-20)12-22(11-19)23-13-26(31(34)36-15-23)30(33)28-14-25-27(21-9-10-40-18-21)16-35-17-29(25)38-28/h2-19,33,38H,1H3,(H2,34,36)(H,37,39)/t19-/m0/s1. The third kappa shape index (κ3) is 5.00. The molecule has 196 valence electrons. The Kier molecular flexibility index (Phi) is 6.67. The molecule has 4 aromatic heterocycles. The van der Waals surface area contributed by atoms with Crippen LogP contribution in [0.3, 0.4) is 0 Å². The van der Waals surface area contributed by atoms with Crippen molar-refractivity contribution >= 4 is 45.2 Å². The van der Waals surface area contributed by atoms with Crippen molar-refractivity contribution in [2.75, 3.05) is 5.73 Å². The average Bonchev–Trinajstić information content (AvgIpc) is 3.63. The molecule has 40 heavy (non-hydrogen) atoms. The first-order valence-corrected chi connectivity index (χ1v) is 13.7. The predicted molar refractivity (Wildman–Crippen MR) is 162 cm³/mol. The summed E-state index contributed by atoms with van der Waals surface area (Å²) in [6.07, 6.45) is 13.3. The maximum Gasteiger partial charge on any atom is 0.255 e. The van der Waals surface area contributed by atoms with Gasteiger partial charge >= 0.3 is 0 Å². The number of thiophene rings is 1. The summed E-state index contributed by atoms with van der Waals surface area (Å²) in [7, 11) is 0. The lowest BCUT2D eigenvalue weighted by Crippen LogP contribution is -2.21. The van der Waals surface area contributed by atoms with Crippen LogP contribution >= 0.6 is 11.3 Å². The number of rotatable bonds is 6. The third-order valence-corrected chi connectivity index (χ3v) is 7.48. The van der Waals surface area contributed by atoms with Gasteiger partial charge in [-0.3, -0.25) is 15.2 Å². The summed E-state index contributed by atoms with van der Waals surface area (Å²) < 4.78 is 0. The second-order valence-electron chi connectivity index (χ2n) is 9.64. The van der Waals surface area contributed by atoms with E-state index in [1.807, 2.05) is 60.1 Å². The zero-order chi connectivity index (χ0) is 27.6. The minimum absolute atomic E-state index is 0.120. The van der Waals surface area contributed by atoms with Gasteiger partial charge in [-0.25, -0.2) is 4.98 Å². The Morgan fingerprint density at radius 2 is 1.95 bits per heavy atom. The molecule has 1 atom stereocenters. The molecular weight excluding hydrogens is 516 g/mol. The van der Waals surface area contributed by atoms with Gasteiger partial charge in [0.1, 0.15) is 5.82 Å². The number of nitrogens with one attached hydrogen (secondary N) is 3. The summed E-state index contributed by atoms with van der Waals surface area (Å²) in [6, 6.07) is 15.0. The van der Waals surface area contributed by atoms with Crippen LogP contribution in [0.2, 0.25) is 0 Å². The van der Waals surface area contributed by atoms with Crippen molar-refractivity contribution in [2.24, 2.45) is 5.92 Å². The van der Waals surface area contributed by atoms with Gasteiger partial charge in [0.25, 0.3) is 5.91 Å². The number of allylic oxidation sites excluding steroid dienone is 5. The summed E-state index contributed by atoms with van der Waals surface area (Å²) in [5, 5.41) is 17.1. The number of nitrogens with two attached hydrogens (primary N) is 1. The number of pyridine rings is 2. The van der Waals surface area contributed by atoms with Gasteiger partial charge in [0.05, 0.1) is 23.1 Å². The van der Waals surface area contributed by atoms with Gasteiger partial charge in [-0.2, -0.15) is 11.3 Å². The number of aromatic amines is 1. The molecule has 7 nitrogen and oxygen atoms in total. The van der Waals surface area contributed by atoms with Crippen molar-refractivity contribution in [3.8, 4) is 11.1 Å². The van der Waals surface area contributed by atoms with Gasteiger partial charge in [0.2, 0.25) is 0 Å². The summed E-state index contributed by atoms with van der Waals surface area (Å²) in [6.45, 7) is 2.07. The predicted octanol–water partition coefficient (Wildman–Crippen LogP) is 6.59. The Hall–Kier alpha value is -5.08. The molecule has 0 spiro atoms. The van der Waals surface area contributed by atoms with E-state index in [0.717, 1.165) is 33.2 Å². The van der Waals surface area contributed by atoms with E-state index in [-0.39, 0.29) is 23.4 Å². The van der Waals surface area contributed by atoms with Gasteiger partial charge in [-0.05, 0) is 70.3 Å². The Morgan fingerprint density at radius 1 is 1.10 bits per heavy atom. The van der Waals surface area contributed by atoms with Crippen LogP contribution in [0.1, 0.15) is 34.1 Å². The van der Waals surface area contributed by atoms with Crippen LogP contribution in [-0.2, 0) is 0 Å². The Bertz CT molecular complexity index is 1830. The molecule has 5 N–H and O–H groups in total. The lowest BCUT2D eigenvalue weighted by atomic mass is 9.99. The van der Waals surface area contributed by atoms with Crippen LogP contribution in [0.25, 0.3) is 27.6 Å². The minimum atomic E-state index is -0.182. The minimum Gasteiger partial charge on any atom is -0.383 e. The molecule has 0 saturated heterocycles. The van der Waals surface area contributed by atoms with E-state index >= 15 is 0 Å². The van der Waals surface area contributed by atoms with Gasteiger partial charge in [-0.1, -0.05) is 37.3 Å². The van der Waals surface area contributed by atoms with Crippen molar-refractivity contribution in [3.05, 3.63) is 130 Å². The monoisotopic (exact) mass is 542 g/mol. The van der Waals surface area contributed by atoms with Crippen LogP contribution in [0, 0.1) is 11.3 Å². The highest BCUT2D eigenvalue weighted by Crippen LogP contribution is 2.31. The number of carbonyl (C=O) groups excluding carboxylic acids is 1. The Morgan fingerprint density at radius 3 is 2.75 bits per heavy atom. The van der Waals surface area contributed by atoms with E-state index in [1.54, 1.807) is 35.9 Å². The molecular formula is C32H26N6OS. The second-order valence-corrected chi connectivity index (χ2v) is 10.4. The smallest absolute Gasteiger partial charge is 0.255 e. The molecule has 0 saturated carbocycles. The molecule has 1 aliphatic carbocycles. The van der Waals surface area contributed by atoms with Crippen molar-refractivity contribution in [1.82, 2.24) is 20.3 Å². The van der Waals surface area contributed by atoms with Crippen LogP contribution in [0.5, 0.6) is 0 Å². The first kappa shape index (κ1) is 25.2. The van der Waals surface area contributed by atoms with Crippen molar-refractivity contribution in [2.45, 2.75) is 6.92 Å². The topological polar surface area (TPSA) is 121 Å². The highest BCUT2D eigenvalue weighted by Gasteiger charge is 2.17. The largest absolute Gasteiger partial charge is 0.383 e. The molecule has 4 heterocycles. The molecule has 0 aliphatic heterocycles. The van der Waals surface area contributed by atoms with Crippen molar-refractivity contribution < 1.29 is 4.79 Å². The molecule has 0 unspecified atom stereocenters. The summed E-state index contributed by atoms with van der Waals surface area (Å²) >= 11 is 1.63. The number of fused-ring (bicyclic) bond motifs is 1. The number of aromatic nitrogens is 3. The number of carbonyl (C=O) groups is 1. The number of hydrogen-bond acceptors (Lipinski definition) is 6. The van der Waals surface area contributed by atoms with Crippen LogP contribution < -0.4 is 11.1 Å². The zero-order valence-corrected chi connectivity index (χ0v) is 22.5. The molecule has 1 amide bonds. The average molecular weight is 543 g/mol. The van der Waals surface area contributed by atoms with E-state index < -0.39 is 0 Å². The quantitative estimate of drug-likeness (QED) is 0.181. The number of amides is 1. The molecule has 6 rings (SSSR count). The number of hydrogen-bond donors (Lipinski definition) is 4. The fraction of sp³-hybridized carbons (Fsp3) is 0.0625. The highest BCUT2D eigenvalue weighted by atomic mass is 32.1. The van der Waals surface area contributed by atoms with Gasteiger partial charge in [-0.15, -0.1) is 0 Å². The van der Waals surface area contributed by atoms with Crippen molar-refractivity contribution in [1.29, 1.82) is 5.41 Å². The molecule has 0 fully saturated rings. The van der Waals surface area contributed by atoms with Crippen LogP contribution in [0.15, 0.2) is 108 Å². The molecule has 0 radical (unpaired) electrons. The normalized spacial score (nSPS) is 14.9. The van der Waals surface area contributed by atoms with Gasteiger partial charge in [0, 0.05) is 45.7 Å². The van der Waals surface area contributed by atoms with E-state index in [2.05, 4.69) is 44.7 Å².